The van der Waals surface area contributed by atoms with Crippen molar-refractivity contribution >= 4 is 23.0 Å². The van der Waals surface area contributed by atoms with Gasteiger partial charge < -0.3 is 25.0 Å². The highest BCUT2D eigenvalue weighted by molar-refractivity contribution is 5.91. The minimum Gasteiger partial charge on any atom is -0.486 e. The van der Waals surface area contributed by atoms with Gasteiger partial charge in [-0.05, 0) is 55.2 Å². The maximum absolute atomic E-state index is 12.3. The van der Waals surface area contributed by atoms with Gasteiger partial charge in [-0.2, -0.15) is 0 Å². The summed E-state index contributed by atoms with van der Waals surface area (Å²) in [6.07, 6.45) is 2.88. The topological polar surface area (TPSA) is 62.8 Å². The molecule has 1 saturated heterocycles. The number of hydrogen-bond donors (Lipinski definition) is 2. The molecule has 1 fully saturated rings. The first kappa shape index (κ1) is 19.4. The number of benzene rings is 2. The zero-order valence-electron chi connectivity index (χ0n) is 16.9. The fourth-order valence-corrected chi connectivity index (χ4v) is 3.72. The molecule has 2 heterocycles. The molecule has 0 bridgehead atoms. The van der Waals surface area contributed by atoms with Gasteiger partial charge in [0.2, 0.25) is 5.91 Å². The molecule has 0 radical (unpaired) electrons. The van der Waals surface area contributed by atoms with Crippen molar-refractivity contribution < 1.29 is 14.3 Å². The molecule has 0 aromatic heterocycles. The first-order chi connectivity index (χ1) is 14.2. The molecule has 2 N–H and O–H groups in total. The van der Waals surface area contributed by atoms with Crippen LogP contribution in [0.2, 0.25) is 0 Å². The van der Waals surface area contributed by atoms with E-state index in [0.717, 1.165) is 41.9 Å². The fourth-order valence-electron chi connectivity index (χ4n) is 3.72. The standard InChI is InChI=1S/C23H29N3O3/c1-17-9-12-26(13-10-17)20-5-2-18(3-6-20)25-23(27)8-11-24-19-4-7-21-22(16-19)29-15-14-28-21/h2-7,16-17,24H,8-15H2,1H3,(H,25,27). The largest absolute Gasteiger partial charge is 0.486 e. The molecule has 6 heteroatoms. The van der Waals surface area contributed by atoms with E-state index in [-0.39, 0.29) is 5.91 Å². The Hall–Kier alpha value is -2.89. The van der Waals surface area contributed by atoms with Crippen molar-refractivity contribution in [1.29, 1.82) is 0 Å². The Morgan fingerprint density at radius 2 is 1.69 bits per heavy atom. The van der Waals surface area contributed by atoms with Crippen LogP contribution in [0, 0.1) is 5.92 Å². The van der Waals surface area contributed by atoms with Crippen LogP contribution in [-0.2, 0) is 4.79 Å². The van der Waals surface area contributed by atoms with Gasteiger partial charge in [-0.25, -0.2) is 0 Å². The van der Waals surface area contributed by atoms with Crippen molar-refractivity contribution in [1.82, 2.24) is 0 Å². The summed E-state index contributed by atoms with van der Waals surface area (Å²) in [6, 6.07) is 13.9. The van der Waals surface area contributed by atoms with Crippen molar-refractivity contribution in [2.24, 2.45) is 5.92 Å². The Morgan fingerprint density at radius 3 is 2.45 bits per heavy atom. The number of rotatable bonds is 6. The van der Waals surface area contributed by atoms with Crippen LogP contribution in [0.15, 0.2) is 42.5 Å². The molecule has 2 aromatic carbocycles. The SMILES string of the molecule is CC1CCN(c2ccc(NC(=O)CCNc3ccc4c(c3)OCCO4)cc2)CC1. The van der Waals surface area contributed by atoms with Crippen LogP contribution in [0.1, 0.15) is 26.2 Å². The third kappa shape index (κ3) is 5.13. The molecule has 0 atom stereocenters. The van der Waals surface area contributed by atoms with E-state index in [1.54, 1.807) is 0 Å². The molecule has 0 unspecified atom stereocenters. The van der Waals surface area contributed by atoms with E-state index in [9.17, 15) is 4.79 Å². The number of amides is 1. The molecule has 6 nitrogen and oxygen atoms in total. The maximum atomic E-state index is 12.3. The van der Waals surface area contributed by atoms with E-state index in [1.165, 1.54) is 18.5 Å². The third-order valence-corrected chi connectivity index (χ3v) is 5.52. The second kappa shape index (κ2) is 9.07. The monoisotopic (exact) mass is 395 g/mol. The highest BCUT2D eigenvalue weighted by Gasteiger charge is 2.16. The summed E-state index contributed by atoms with van der Waals surface area (Å²) in [5.41, 5.74) is 2.99. The van der Waals surface area contributed by atoms with E-state index in [4.69, 9.17) is 9.47 Å². The second-order valence-corrected chi connectivity index (χ2v) is 7.80. The fraction of sp³-hybridized carbons (Fsp3) is 0.435. The van der Waals surface area contributed by atoms with Crippen molar-refractivity contribution in [3.05, 3.63) is 42.5 Å². The van der Waals surface area contributed by atoms with Crippen molar-refractivity contribution in [3.8, 4) is 11.5 Å². The lowest BCUT2D eigenvalue weighted by molar-refractivity contribution is -0.115. The lowest BCUT2D eigenvalue weighted by Crippen LogP contribution is -2.32. The predicted molar refractivity (Wildman–Crippen MR) is 116 cm³/mol. The zero-order valence-corrected chi connectivity index (χ0v) is 16.9. The maximum Gasteiger partial charge on any atom is 0.226 e. The minimum absolute atomic E-state index is 0.00501. The van der Waals surface area contributed by atoms with Gasteiger partial charge in [0, 0.05) is 49.2 Å². The van der Waals surface area contributed by atoms with Gasteiger partial charge in [-0.1, -0.05) is 6.92 Å². The second-order valence-electron chi connectivity index (χ2n) is 7.80. The van der Waals surface area contributed by atoms with Gasteiger partial charge in [-0.3, -0.25) is 4.79 Å². The Bertz CT molecular complexity index is 830. The highest BCUT2D eigenvalue weighted by atomic mass is 16.6. The van der Waals surface area contributed by atoms with Gasteiger partial charge in [-0.15, -0.1) is 0 Å². The average Bonchev–Trinajstić information content (AvgIpc) is 2.75. The molecule has 4 rings (SSSR count). The first-order valence-corrected chi connectivity index (χ1v) is 10.5. The van der Waals surface area contributed by atoms with Gasteiger partial charge in [0.1, 0.15) is 13.2 Å². The quantitative estimate of drug-likeness (QED) is 0.770. The zero-order chi connectivity index (χ0) is 20.1. The van der Waals surface area contributed by atoms with Crippen LogP contribution in [0.5, 0.6) is 11.5 Å². The Labute approximate surface area is 172 Å². The number of nitrogens with zero attached hydrogens (tertiary/aromatic N) is 1. The summed E-state index contributed by atoms with van der Waals surface area (Å²) < 4.78 is 11.1. The van der Waals surface area contributed by atoms with E-state index in [0.29, 0.717) is 26.2 Å². The third-order valence-electron chi connectivity index (χ3n) is 5.52. The first-order valence-electron chi connectivity index (χ1n) is 10.5. The number of anilines is 3. The normalized spacial score (nSPS) is 16.4. The lowest BCUT2D eigenvalue weighted by atomic mass is 9.99. The number of fused-ring (bicyclic) bond motifs is 1. The summed E-state index contributed by atoms with van der Waals surface area (Å²) in [4.78, 5) is 14.7. The Kier molecular flexibility index (Phi) is 6.08. The van der Waals surface area contributed by atoms with Gasteiger partial charge in [0.15, 0.2) is 11.5 Å². The molecular formula is C23H29N3O3. The molecule has 154 valence electrons. The van der Waals surface area contributed by atoms with Crippen LogP contribution in [-0.4, -0.2) is 38.8 Å². The molecule has 0 spiro atoms. The highest BCUT2D eigenvalue weighted by Crippen LogP contribution is 2.32. The van der Waals surface area contributed by atoms with Crippen LogP contribution >= 0.6 is 0 Å². The van der Waals surface area contributed by atoms with E-state index in [2.05, 4.69) is 34.6 Å². The van der Waals surface area contributed by atoms with Crippen LogP contribution in [0.3, 0.4) is 0 Å². The number of piperidine rings is 1. The number of ether oxygens (including phenoxy) is 2. The number of carbonyl (C=O) groups is 1. The van der Waals surface area contributed by atoms with Gasteiger partial charge >= 0.3 is 0 Å². The number of nitrogens with one attached hydrogen (secondary N) is 2. The van der Waals surface area contributed by atoms with Crippen LogP contribution in [0.4, 0.5) is 17.1 Å². The Morgan fingerprint density at radius 1 is 1.00 bits per heavy atom. The van der Waals surface area contributed by atoms with Crippen LogP contribution in [0.25, 0.3) is 0 Å². The summed E-state index contributed by atoms with van der Waals surface area (Å²) in [7, 11) is 0. The summed E-state index contributed by atoms with van der Waals surface area (Å²) in [5, 5.41) is 6.24. The number of hydrogen-bond acceptors (Lipinski definition) is 5. The van der Waals surface area contributed by atoms with Crippen molar-refractivity contribution in [2.75, 3.05) is 48.4 Å². The van der Waals surface area contributed by atoms with E-state index in [1.807, 2.05) is 30.3 Å². The summed E-state index contributed by atoms with van der Waals surface area (Å²) >= 11 is 0. The smallest absolute Gasteiger partial charge is 0.226 e. The van der Waals surface area contributed by atoms with Gasteiger partial charge in [0.25, 0.3) is 0 Å². The molecule has 29 heavy (non-hydrogen) atoms. The molecule has 2 aliphatic rings. The predicted octanol–water partition coefficient (Wildman–Crippen LogP) is 4.13. The molecule has 0 saturated carbocycles. The van der Waals surface area contributed by atoms with E-state index >= 15 is 0 Å². The Balaban J connectivity index is 1.22. The van der Waals surface area contributed by atoms with E-state index < -0.39 is 0 Å². The van der Waals surface area contributed by atoms with Crippen molar-refractivity contribution in [2.45, 2.75) is 26.2 Å². The summed E-state index contributed by atoms with van der Waals surface area (Å²) in [5.74, 6) is 2.33. The molecule has 1 amide bonds. The minimum atomic E-state index is -0.00501. The molecule has 0 aliphatic carbocycles. The van der Waals surface area contributed by atoms with Crippen molar-refractivity contribution in [3.63, 3.8) is 0 Å². The average molecular weight is 396 g/mol. The summed E-state index contributed by atoms with van der Waals surface area (Å²) in [6.45, 7) is 6.23. The van der Waals surface area contributed by atoms with Gasteiger partial charge in [0.05, 0.1) is 0 Å². The lowest BCUT2D eigenvalue weighted by Gasteiger charge is -2.32. The molecular weight excluding hydrogens is 366 g/mol. The molecule has 2 aromatic rings. The van der Waals surface area contributed by atoms with Crippen LogP contribution < -0.4 is 25.0 Å². The number of carbonyl (C=O) groups excluding carboxylic acids is 1. The molecule has 2 aliphatic heterocycles.